The minimum Gasteiger partial charge on any atom is -0.293 e. The number of aromatic nitrogens is 2. The normalized spacial score (nSPS) is 27.3. The van der Waals surface area contributed by atoms with Crippen LogP contribution in [0, 0.1) is 29.0 Å². The van der Waals surface area contributed by atoms with E-state index in [1.165, 1.54) is 6.07 Å². The first kappa shape index (κ1) is 16.7. The van der Waals surface area contributed by atoms with Crippen LogP contribution in [0.5, 0.6) is 0 Å². The van der Waals surface area contributed by atoms with Gasteiger partial charge in [0.15, 0.2) is 5.78 Å². The van der Waals surface area contributed by atoms with E-state index in [2.05, 4.69) is 6.07 Å². The Hall–Kier alpha value is -2.74. The number of allylic oxidation sites excluding steroid dienone is 2. The molecule has 0 radical (unpaired) electrons. The fraction of sp³-hybridized carbons (Fsp3) is 0.381. The average Bonchev–Trinajstić information content (AvgIpc) is 2.96. The Kier molecular flexibility index (Phi) is 3.62. The summed E-state index contributed by atoms with van der Waals surface area (Å²) in [5, 5.41) is 14.1. The van der Waals surface area contributed by atoms with Crippen molar-refractivity contribution in [2.24, 2.45) is 18.9 Å². The number of benzene rings is 1. The molecule has 1 aromatic heterocycles. The average molecular weight is 349 g/mol. The molecular formula is C21H20FN3O. The fourth-order valence-electron chi connectivity index (χ4n) is 4.83. The molecule has 0 N–H and O–H groups in total. The first-order valence-corrected chi connectivity index (χ1v) is 8.87. The van der Waals surface area contributed by atoms with Gasteiger partial charge in [-0.1, -0.05) is 32.1 Å². The van der Waals surface area contributed by atoms with Gasteiger partial charge in [-0.05, 0) is 30.9 Å². The quantitative estimate of drug-likeness (QED) is 0.788. The maximum absolute atomic E-state index is 14.4. The number of halogens is 1. The SMILES string of the molecule is CC1C(=O)C(C#N)=CC2(C)c3nn(C)c(-c4ccccc4F)c3CCC12. The Bertz CT molecular complexity index is 997. The van der Waals surface area contributed by atoms with Crippen LogP contribution >= 0.6 is 0 Å². The summed E-state index contributed by atoms with van der Waals surface area (Å²) in [5.74, 6) is -0.468. The van der Waals surface area contributed by atoms with Gasteiger partial charge in [0.2, 0.25) is 0 Å². The summed E-state index contributed by atoms with van der Waals surface area (Å²) in [6, 6.07) is 8.77. The fourth-order valence-corrected chi connectivity index (χ4v) is 4.83. The Morgan fingerprint density at radius 1 is 1.38 bits per heavy atom. The molecule has 0 saturated heterocycles. The van der Waals surface area contributed by atoms with Gasteiger partial charge in [-0.25, -0.2) is 4.39 Å². The first-order chi connectivity index (χ1) is 12.4. The molecule has 0 amide bonds. The van der Waals surface area contributed by atoms with E-state index in [0.29, 0.717) is 5.56 Å². The minimum absolute atomic E-state index is 0.0799. The van der Waals surface area contributed by atoms with E-state index in [1.54, 1.807) is 22.9 Å². The van der Waals surface area contributed by atoms with E-state index in [0.717, 1.165) is 29.8 Å². The molecule has 4 rings (SSSR count). The van der Waals surface area contributed by atoms with Gasteiger partial charge >= 0.3 is 0 Å². The van der Waals surface area contributed by atoms with Crippen LogP contribution in [0.2, 0.25) is 0 Å². The number of carbonyl (C=O) groups is 1. The van der Waals surface area contributed by atoms with Crippen LogP contribution in [0.3, 0.4) is 0 Å². The molecule has 3 unspecified atom stereocenters. The van der Waals surface area contributed by atoms with Gasteiger partial charge in [0.1, 0.15) is 11.9 Å². The summed E-state index contributed by atoms with van der Waals surface area (Å²) >= 11 is 0. The van der Waals surface area contributed by atoms with E-state index in [1.807, 2.05) is 27.0 Å². The Balaban J connectivity index is 1.96. The van der Waals surface area contributed by atoms with Crippen molar-refractivity contribution >= 4 is 5.78 Å². The summed E-state index contributed by atoms with van der Waals surface area (Å²) in [5.41, 5.74) is 2.92. The highest BCUT2D eigenvalue weighted by molar-refractivity contribution is 6.02. The lowest BCUT2D eigenvalue weighted by Gasteiger charge is -2.44. The molecule has 1 aromatic carbocycles. The molecule has 0 saturated carbocycles. The summed E-state index contributed by atoms with van der Waals surface area (Å²) in [6.45, 7) is 3.95. The zero-order valence-corrected chi connectivity index (χ0v) is 15.1. The molecule has 132 valence electrons. The lowest BCUT2D eigenvalue weighted by molar-refractivity contribution is -0.121. The van der Waals surface area contributed by atoms with Gasteiger partial charge < -0.3 is 0 Å². The van der Waals surface area contributed by atoms with Crippen molar-refractivity contribution in [3.63, 3.8) is 0 Å². The molecule has 0 fully saturated rings. The van der Waals surface area contributed by atoms with Crippen molar-refractivity contribution in [1.29, 1.82) is 5.26 Å². The number of hydrogen-bond donors (Lipinski definition) is 0. The van der Waals surface area contributed by atoms with Crippen LogP contribution in [0.15, 0.2) is 35.9 Å². The van der Waals surface area contributed by atoms with Crippen LogP contribution in [0.4, 0.5) is 4.39 Å². The van der Waals surface area contributed by atoms with Gasteiger partial charge in [0.25, 0.3) is 0 Å². The number of fused-ring (bicyclic) bond motifs is 3. The minimum atomic E-state index is -0.493. The van der Waals surface area contributed by atoms with Crippen LogP contribution < -0.4 is 0 Å². The third kappa shape index (κ3) is 2.11. The summed E-state index contributed by atoms with van der Waals surface area (Å²) < 4.78 is 16.2. The van der Waals surface area contributed by atoms with Crippen molar-refractivity contribution in [3.8, 4) is 17.3 Å². The molecule has 26 heavy (non-hydrogen) atoms. The highest BCUT2D eigenvalue weighted by Crippen LogP contribution is 2.51. The maximum atomic E-state index is 14.4. The second kappa shape index (κ2) is 5.63. The van der Waals surface area contributed by atoms with Gasteiger partial charge in [-0.2, -0.15) is 10.4 Å². The van der Waals surface area contributed by atoms with Gasteiger partial charge in [-0.3, -0.25) is 9.48 Å². The molecule has 5 heteroatoms. The topological polar surface area (TPSA) is 58.7 Å². The second-order valence-electron chi connectivity index (χ2n) is 7.53. The van der Waals surface area contributed by atoms with E-state index in [4.69, 9.17) is 5.10 Å². The van der Waals surface area contributed by atoms with E-state index in [-0.39, 0.29) is 29.0 Å². The Morgan fingerprint density at radius 2 is 2.12 bits per heavy atom. The zero-order valence-electron chi connectivity index (χ0n) is 15.1. The van der Waals surface area contributed by atoms with Crippen LogP contribution in [-0.4, -0.2) is 15.6 Å². The summed E-state index contributed by atoms with van der Waals surface area (Å²) in [6.07, 6.45) is 3.36. The number of carbonyl (C=O) groups excluding carboxylic acids is 1. The van der Waals surface area contributed by atoms with Crippen molar-refractivity contribution in [2.45, 2.75) is 32.1 Å². The molecular weight excluding hydrogens is 329 g/mol. The second-order valence-corrected chi connectivity index (χ2v) is 7.53. The molecule has 4 nitrogen and oxygen atoms in total. The molecule has 2 aliphatic rings. The zero-order chi connectivity index (χ0) is 18.6. The third-order valence-electron chi connectivity index (χ3n) is 6.11. The van der Waals surface area contributed by atoms with Crippen LogP contribution in [0.1, 0.15) is 31.5 Å². The van der Waals surface area contributed by atoms with Crippen molar-refractivity contribution in [3.05, 3.63) is 53.0 Å². The van der Waals surface area contributed by atoms with Gasteiger partial charge in [-0.15, -0.1) is 0 Å². The highest BCUT2D eigenvalue weighted by Gasteiger charge is 2.50. The van der Waals surface area contributed by atoms with Crippen LogP contribution in [0.25, 0.3) is 11.3 Å². The largest absolute Gasteiger partial charge is 0.293 e. The van der Waals surface area contributed by atoms with Crippen LogP contribution in [-0.2, 0) is 23.7 Å². The molecule has 2 aliphatic carbocycles. The van der Waals surface area contributed by atoms with E-state index in [9.17, 15) is 14.4 Å². The number of Topliss-reactive ketones (excluding diaryl/α,β-unsaturated/α-hetero) is 1. The number of nitriles is 1. The number of nitrogens with zero attached hydrogens (tertiary/aromatic N) is 3. The monoisotopic (exact) mass is 349 g/mol. The maximum Gasteiger partial charge on any atom is 0.176 e. The Labute approximate surface area is 151 Å². The smallest absolute Gasteiger partial charge is 0.176 e. The van der Waals surface area contributed by atoms with Gasteiger partial charge in [0.05, 0.1) is 17.0 Å². The van der Waals surface area contributed by atoms with Crippen molar-refractivity contribution < 1.29 is 9.18 Å². The standard InChI is InChI=1S/C21H20FN3O/c1-12-16-9-8-15-18(14-6-4-5-7-17(14)22)25(3)24-20(15)21(16,2)10-13(11-23)19(12)26/h4-7,10,12,16H,8-9H2,1-3H3. The van der Waals surface area contributed by atoms with E-state index >= 15 is 0 Å². The molecule has 0 bridgehead atoms. The summed E-state index contributed by atoms with van der Waals surface area (Å²) in [7, 11) is 1.82. The lowest BCUT2D eigenvalue weighted by atomic mass is 9.58. The molecule has 0 aliphatic heterocycles. The van der Waals surface area contributed by atoms with Crippen molar-refractivity contribution in [2.75, 3.05) is 0 Å². The van der Waals surface area contributed by atoms with E-state index < -0.39 is 5.41 Å². The summed E-state index contributed by atoms with van der Waals surface area (Å²) in [4.78, 5) is 12.4. The van der Waals surface area contributed by atoms with Gasteiger partial charge in [0, 0.05) is 29.5 Å². The molecule has 3 atom stereocenters. The number of rotatable bonds is 1. The molecule has 0 spiro atoms. The highest BCUT2D eigenvalue weighted by atomic mass is 19.1. The first-order valence-electron chi connectivity index (χ1n) is 8.87. The molecule has 1 heterocycles. The predicted octanol–water partition coefficient (Wildman–Crippen LogP) is 3.72. The number of ketones is 1. The number of aryl methyl sites for hydroxylation is 1. The number of hydrogen-bond acceptors (Lipinski definition) is 3. The lowest BCUT2D eigenvalue weighted by Crippen LogP contribution is -2.45. The Morgan fingerprint density at radius 3 is 2.81 bits per heavy atom. The van der Waals surface area contributed by atoms with Crippen molar-refractivity contribution in [1.82, 2.24) is 9.78 Å². The molecule has 2 aromatic rings. The third-order valence-corrected chi connectivity index (χ3v) is 6.11. The predicted molar refractivity (Wildman–Crippen MR) is 95.6 cm³/mol.